The predicted molar refractivity (Wildman–Crippen MR) is 96.3 cm³/mol. The second-order valence-corrected chi connectivity index (χ2v) is 7.22. The summed E-state index contributed by atoms with van der Waals surface area (Å²) in [5.74, 6) is -0.358. The van der Waals surface area contributed by atoms with Crippen molar-refractivity contribution in [1.29, 1.82) is 0 Å². The first-order valence-corrected chi connectivity index (χ1v) is 8.31. The molecule has 28 heavy (non-hydrogen) atoms. The largest absolute Gasteiger partial charge is 0.454 e. The molecule has 0 bridgehead atoms. The van der Waals surface area contributed by atoms with E-state index in [-0.39, 0.29) is 34.2 Å². The molecule has 3 N–H and O–H groups in total. The summed E-state index contributed by atoms with van der Waals surface area (Å²) >= 11 is 0. The Kier molecular flexibility index (Phi) is 4.70. The second kappa shape index (κ2) is 6.74. The number of halogens is 3. The number of rotatable bonds is 3. The summed E-state index contributed by atoms with van der Waals surface area (Å²) in [4.78, 5) is 12.5. The van der Waals surface area contributed by atoms with Crippen LogP contribution in [-0.4, -0.2) is 16.6 Å². The van der Waals surface area contributed by atoms with E-state index in [1.807, 2.05) is 0 Å². The number of benzene rings is 1. The van der Waals surface area contributed by atoms with Gasteiger partial charge >= 0.3 is 6.18 Å². The Morgan fingerprint density at radius 1 is 1.11 bits per heavy atom. The number of nitrogen functional groups attached to an aromatic ring is 1. The Bertz CT molecular complexity index is 1010. The number of nitrogens with one attached hydrogen (secondary N) is 1. The number of aromatic nitrogens is 1. The number of alkyl halides is 3. The van der Waals surface area contributed by atoms with Crippen molar-refractivity contribution in [2.45, 2.75) is 32.5 Å². The molecule has 0 aliphatic carbocycles. The Balaban J connectivity index is 1.97. The highest BCUT2D eigenvalue weighted by molar-refractivity contribution is 6.03. The number of hydrogen-bond donors (Lipinski definition) is 2. The van der Waals surface area contributed by atoms with Crippen LogP contribution in [0.4, 0.5) is 19.1 Å². The smallest absolute Gasteiger partial charge is 0.416 e. The quantitative estimate of drug-likeness (QED) is 0.671. The van der Waals surface area contributed by atoms with E-state index >= 15 is 0 Å². The molecule has 148 valence electrons. The molecule has 9 heteroatoms. The molecule has 3 aromatic rings. The van der Waals surface area contributed by atoms with Gasteiger partial charge in [-0.15, -0.1) is 0 Å². The third-order valence-corrected chi connectivity index (χ3v) is 3.75. The lowest BCUT2D eigenvalue weighted by molar-refractivity contribution is -0.137. The van der Waals surface area contributed by atoms with Crippen LogP contribution in [0.3, 0.4) is 0 Å². The molecule has 0 radical (unpaired) electrons. The average molecular weight is 393 g/mol. The van der Waals surface area contributed by atoms with Gasteiger partial charge < -0.3 is 20.0 Å². The van der Waals surface area contributed by atoms with Crippen molar-refractivity contribution >= 4 is 11.8 Å². The third kappa shape index (κ3) is 4.03. The van der Waals surface area contributed by atoms with Gasteiger partial charge in [0.1, 0.15) is 11.3 Å². The van der Waals surface area contributed by atoms with Crippen molar-refractivity contribution in [2.75, 3.05) is 5.73 Å². The minimum absolute atomic E-state index is 0.000123. The van der Waals surface area contributed by atoms with Crippen LogP contribution in [0.5, 0.6) is 0 Å². The van der Waals surface area contributed by atoms with Crippen molar-refractivity contribution in [2.24, 2.45) is 0 Å². The number of carbonyl (C=O) groups excluding carboxylic acids is 1. The van der Waals surface area contributed by atoms with Crippen molar-refractivity contribution < 1.29 is 26.9 Å². The number of anilines is 1. The van der Waals surface area contributed by atoms with Crippen LogP contribution in [0.1, 0.15) is 36.7 Å². The number of furan rings is 1. The molecule has 0 atom stereocenters. The van der Waals surface area contributed by atoms with Crippen LogP contribution in [0, 0.1) is 0 Å². The number of nitrogens with zero attached hydrogens (tertiary/aromatic N) is 1. The first-order chi connectivity index (χ1) is 13.0. The van der Waals surface area contributed by atoms with Gasteiger partial charge in [0.2, 0.25) is 5.88 Å². The highest BCUT2D eigenvalue weighted by Crippen LogP contribution is 2.35. The fraction of sp³-hybridized carbons (Fsp3) is 0.263. The van der Waals surface area contributed by atoms with Gasteiger partial charge in [-0.2, -0.15) is 13.2 Å². The molecule has 3 rings (SSSR count). The topological polar surface area (TPSA) is 94.3 Å². The average Bonchev–Trinajstić information content (AvgIpc) is 3.19. The molecule has 0 aliphatic rings. The van der Waals surface area contributed by atoms with E-state index in [4.69, 9.17) is 14.7 Å². The Morgan fingerprint density at radius 2 is 1.79 bits per heavy atom. The zero-order chi connectivity index (χ0) is 20.7. The third-order valence-electron chi connectivity index (χ3n) is 3.75. The summed E-state index contributed by atoms with van der Waals surface area (Å²) in [5, 5.41) is 6.52. The number of amides is 1. The van der Waals surface area contributed by atoms with Crippen LogP contribution in [0.25, 0.3) is 22.8 Å². The molecule has 0 unspecified atom stereocenters. The molecule has 0 spiro atoms. The maximum absolute atomic E-state index is 12.9. The van der Waals surface area contributed by atoms with Crippen molar-refractivity contribution in [3.8, 4) is 22.8 Å². The summed E-state index contributed by atoms with van der Waals surface area (Å²) in [5.41, 5.74) is 4.71. The van der Waals surface area contributed by atoms with Gasteiger partial charge in [-0.05, 0) is 45.0 Å². The van der Waals surface area contributed by atoms with Crippen LogP contribution < -0.4 is 11.1 Å². The Labute approximate surface area is 158 Å². The fourth-order valence-corrected chi connectivity index (χ4v) is 2.56. The van der Waals surface area contributed by atoms with E-state index in [1.54, 1.807) is 20.8 Å². The summed E-state index contributed by atoms with van der Waals surface area (Å²) in [6, 6.07) is 7.70. The van der Waals surface area contributed by atoms with E-state index in [0.29, 0.717) is 0 Å². The normalized spacial score (nSPS) is 12.2. The summed E-state index contributed by atoms with van der Waals surface area (Å²) in [6.45, 7) is 5.40. The molecule has 0 saturated heterocycles. The van der Waals surface area contributed by atoms with Crippen molar-refractivity contribution in [3.05, 3.63) is 47.5 Å². The van der Waals surface area contributed by atoms with Gasteiger partial charge in [-0.1, -0.05) is 17.3 Å². The van der Waals surface area contributed by atoms with E-state index in [9.17, 15) is 18.0 Å². The van der Waals surface area contributed by atoms with E-state index < -0.39 is 23.2 Å². The second-order valence-electron chi connectivity index (χ2n) is 7.22. The van der Waals surface area contributed by atoms with E-state index in [1.165, 1.54) is 24.3 Å². The zero-order valence-corrected chi connectivity index (χ0v) is 15.3. The SMILES string of the molecule is CC(C)(C)NC(=O)c1c(-c2ccc(-c3cccc(C(F)(F)F)c3)o2)noc1N. The Morgan fingerprint density at radius 3 is 2.43 bits per heavy atom. The van der Waals surface area contributed by atoms with Crippen LogP contribution in [0.2, 0.25) is 0 Å². The number of carbonyl (C=O) groups is 1. The van der Waals surface area contributed by atoms with Crippen molar-refractivity contribution in [3.63, 3.8) is 0 Å². The number of hydrogen-bond acceptors (Lipinski definition) is 5. The molecule has 1 aromatic carbocycles. The van der Waals surface area contributed by atoms with Gasteiger partial charge in [-0.25, -0.2) is 0 Å². The Hall–Kier alpha value is -3.23. The van der Waals surface area contributed by atoms with Gasteiger partial charge in [0.15, 0.2) is 11.5 Å². The molecular weight excluding hydrogens is 375 g/mol. The standard InChI is InChI=1S/C19H18F3N3O3/c1-18(2,3)24-17(26)14-15(25-28-16(14)23)13-8-7-12(27-13)10-5-4-6-11(9-10)19(20,21)22/h4-9H,23H2,1-3H3,(H,24,26). The molecule has 2 heterocycles. The molecule has 1 amide bonds. The molecule has 0 aliphatic heterocycles. The number of nitrogens with two attached hydrogens (primary N) is 1. The van der Waals surface area contributed by atoms with Gasteiger partial charge in [0, 0.05) is 11.1 Å². The first-order valence-electron chi connectivity index (χ1n) is 8.31. The lowest BCUT2D eigenvalue weighted by Gasteiger charge is -2.20. The van der Waals surface area contributed by atoms with E-state index in [0.717, 1.165) is 12.1 Å². The van der Waals surface area contributed by atoms with Gasteiger partial charge in [0.05, 0.1) is 5.56 Å². The zero-order valence-electron chi connectivity index (χ0n) is 15.3. The molecular formula is C19H18F3N3O3. The van der Waals surface area contributed by atoms with Crippen LogP contribution >= 0.6 is 0 Å². The monoisotopic (exact) mass is 393 g/mol. The molecule has 0 fully saturated rings. The lowest BCUT2D eigenvalue weighted by Crippen LogP contribution is -2.40. The summed E-state index contributed by atoms with van der Waals surface area (Å²) in [7, 11) is 0. The minimum atomic E-state index is -4.47. The van der Waals surface area contributed by atoms with Crippen LogP contribution in [0.15, 0.2) is 45.3 Å². The van der Waals surface area contributed by atoms with Gasteiger partial charge in [-0.3, -0.25) is 4.79 Å². The summed E-state index contributed by atoms with van der Waals surface area (Å²) in [6.07, 6.45) is -4.47. The maximum Gasteiger partial charge on any atom is 0.416 e. The first kappa shape index (κ1) is 19.5. The minimum Gasteiger partial charge on any atom is -0.454 e. The lowest BCUT2D eigenvalue weighted by atomic mass is 10.1. The fourth-order valence-electron chi connectivity index (χ4n) is 2.56. The highest BCUT2D eigenvalue weighted by atomic mass is 19.4. The highest BCUT2D eigenvalue weighted by Gasteiger charge is 2.31. The molecule has 2 aromatic heterocycles. The van der Waals surface area contributed by atoms with E-state index in [2.05, 4.69) is 10.5 Å². The maximum atomic E-state index is 12.9. The van der Waals surface area contributed by atoms with Gasteiger partial charge in [0.25, 0.3) is 5.91 Å². The molecule has 6 nitrogen and oxygen atoms in total. The van der Waals surface area contributed by atoms with Crippen molar-refractivity contribution in [1.82, 2.24) is 10.5 Å². The summed E-state index contributed by atoms with van der Waals surface area (Å²) < 4.78 is 49.3. The predicted octanol–water partition coefficient (Wildman–Crippen LogP) is 4.73. The molecule has 0 saturated carbocycles. The van der Waals surface area contributed by atoms with Crippen LogP contribution in [-0.2, 0) is 6.18 Å².